The summed E-state index contributed by atoms with van der Waals surface area (Å²) in [6, 6.07) is 4.97. The first kappa shape index (κ1) is 26.9. The van der Waals surface area contributed by atoms with E-state index >= 15 is 0 Å². The summed E-state index contributed by atoms with van der Waals surface area (Å²) < 4.78 is 5.31. The quantitative estimate of drug-likeness (QED) is 0.314. The number of aromatic nitrogens is 1. The fourth-order valence-corrected chi connectivity index (χ4v) is 3.84. The number of aromatic amines is 1. The Morgan fingerprint density at radius 2 is 1.76 bits per heavy atom. The lowest BCUT2D eigenvalue weighted by molar-refractivity contribution is -0.129. The van der Waals surface area contributed by atoms with Crippen molar-refractivity contribution in [2.24, 2.45) is 0 Å². The number of ether oxygens (including phenoxy) is 1. The molecule has 9 nitrogen and oxygen atoms in total. The molecule has 0 saturated carbocycles. The van der Waals surface area contributed by atoms with E-state index in [0.717, 1.165) is 35.0 Å². The Morgan fingerprint density at radius 3 is 2.44 bits per heavy atom. The maximum absolute atomic E-state index is 12.9. The van der Waals surface area contributed by atoms with Crippen LogP contribution in [-0.4, -0.2) is 54.7 Å². The number of carbonyl (C=O) groups is 4. The molecule has 1 atom stereocenters. The van der Waals surface area contributed by atoms with Gasteiger partial charge in [0.1, 0.15) is 17.6 Å². The van der Waals surface area contributed by atoms with Crippen LogP contribution in [0.25, 0.3) is 10.9 Å². The third-order valence-corrected chi connectivity index (χ3v) is 5.64. The van der Waals surface area contributed by atoms with Crippen molar-refractivity contribution >= 4 is 34.4 Å². The summed E-state index contributed by atoms with van der Waals surface area (Å²) in [6.45, 7) is 5.48. The third-order valence-electron chi connectivity index (χ3n) is 5.64. The van der Waals surface area contributed by atoms with Crippen LogP contribution in [0.3, 0.4) is 0 Å². The highest BCUT2D eigenvalue weighted by atomic mass is 16.5. The number of H-pyrrole nitrogens is 1. The minimum absolute atomic E-state index is 0.124. The van der Waals surface area contributed by atoms with Crippen LogP contribution in [0.2, 0.25) is 0 Å². The molecule has 9 heteroatoms. The summed E-state index contributed by atoms with van der Waals surface area (Å²) >= 11 is 0. The van der Waals surface area contributed by atoms with Crippen molar-refractivity contribution in [2.75, 3.05) is 20.2 Å². The lowest BCUT2D eigenvalue weighted by Crippen LogP contribution is -2.48. The Morgan fingerprint density at radius 1 is 1.03 bits per heavy atom. The number of ketones is 1. The van der Waals surface area contributed by atoms with Crippen LogP contribution >= 0.6 is 0 Å². The normalized spacial score (nSPS) is 11.6. The van der Waals surface area contributed by atoms with Crippen LogP contribution in [0.5, 0.6) is 5.75 Å². The molecule has 0 fully saturated rings. The zero-order valence-corrected chi connectivity index (χ0v) is 20.5. The Bertz CT molecular complexity index is 1010. The van der Waals surface area contributed by atoms with Gasteiger partial charge in [0, 0.05) is 43.0 Å². The summed E-state index contributed by atoms with van der Waals surface area (Å²) in [4.78, 5) is 51.1. The molecule has 1 aromatic carbocycles. The van der Waals surface area contributed by atoms with Crippen molar-refractivity contribution in [1.29, 1.82) is 0 Å². The van der Waals surface area contributed by atoms with Crippen LogP contribution in [0.4, 0.5) is 0 Å². The van der Waals surface area contributed by atoms with Crippen LogP contribution in [0, 0.1) is 6.92 Å². The monoisotopic (exact) mass is 472 g/mol. The SMILES string of the molecule is COc1ccc2[nH]c(C)c(CC(=O)N[C@@H](CCCCCC(C)=O)C(=O)NCCNC(C)=O)c2c1. The molecule has 0 aliphatic heterocycles. The highest BCUT2D eigenvalue weighted by Crippen LogP contribution is 2.26. The fourth-order valence-electron chi connectivity index (χ4n) is 3.84. The van der Waals surface area contributed by atoms with Gasteiger partial charge in [0.15, 0.2) is 0 Å². The molecule has 34 heavy (non-hydrogen) atoms. The van der Waals surface area contributed by atoms with Gasteiger partial charge in [0.25, 0.3) is 0 Å². The molecule has 0 bridgehead atoms. The Labute approximate surface area is 200 Å². The highest BCUT2D eigenvalue weighted by molar-refractivity contribution is 5.93. The van der Waals surface area contributed by atoms with E-state index in [9.17, 15) is 19.2 Å². The zero-order chi connectivity index (χ0) is 25.1. The second kappa shape index (κ2) is 13.4. The second-order valence-electron chi connectivity index (χ2n) is 8.51. The molecule has 0 aliphatic rings. The molecule has 0 saturated heterocycles. The summed E-state index contributed by atoms with van der Waals surface area (Å²) in [5.74, 6) is 0.136. The molecular formula is C25H36N4O5. The van der Waals surface area contributed by atoms with Crippen molar-refractivity contribution in [1.82, 2.24) is 20.9 Å². The van der Waals surface area contributed by atoms with Gasteiger partial charge in [-0.1, -0.05) is 12.8 Å². The van der Waals surface area contributed by atoms with E-state index in [1.807, 2.05) is 25.1 Å². The van der Waals surface area contributed by atoms with E-state index in [1.54, 1.807) is 14.0 Å². The van der Waals surface area contributed by atoms with Gasteiger partial charge in [-0.25, -0.2) is 0 Å². The molecule has 0 aliphatic carbocycles. The van der Waals surface area contributed by atoms with Crippen LogP contribution in [0.15, 0.2) is 18.2 Å². The van der Waals surface area contributed by atoms with Crippen molar-refractivity contribution in [3.8, 4) is 5.75 Å². The molecule has 1 aromatic heterocycles. The molecule has 2 aromatic rings. The third kappa shape index (κ3) is 8.53. The Kier molecular flexibility index (Phi) is 10.6. The number of unbranched alkanes of at least 4 members (excludes halogenated alkanes) is 2. The van der Waals surface area contributed by atoms with Crippen LogP contribution < -0.4 is 20.7 Å². The molecular weight excluding hydrogens is 436 g/mol. The second-order valence-corrected chi connectivity index (χ2v) is 8.51. The topological polar surface area (TPSA) is 129 Å². The average molecular weight is 473 g/mol. The highest BCUT2D eigenvalue weighted by Gasteiger charge is 2.22. The first-order chi connectivity index (χ1) is 16.2. The van der Waals surface area contributed by atoms with Gasteiger partial charge in [0.05, 0.1) is 13.5 Å². The average Bonchev–Trinajstić information content (AvgIpc) is 3.09. The van der Waals surface area contributed by atoms with E-state index in [-0.39, 0.29) is 36.5 Å². The number of aryl methyl sites for hydroxylation is 1. The molecule has 0 spiro atoms. The molecule has 3 amide bonds. The standard InChI is InChI=1S/C25H36N4O5/c1-16(30)8-6-5-7-9-23(25(33)27-13-12-26-18(3)31)29-24(32)15-20-17(2)28-22-11-10-19(34-4)14-21(20)22/h10-11,14,23,28H,5-9,12-13,15H2,1-4H3,(H,26,31)(H,27,33)(H,29,32)/t23-/m0/s1. The van der Waals surface area contributed by atoms with Crippen molar-refractivity contribution in [3.05, 3.63) is 29.5 Å². The number of carbonyl (C=O) groups excluding carboxylic acids is 4. The maximum atomic E-state index is 12.9. The van der Waals surface area contributed by atoms with E-state index in [1.165, 1.54) is 6.92 Å². The van der Waals surface area contributed by atoms with Gasteiger partial charge < -0.3 is 30.5 Å². The maximum Gasteiger partial charge on any atom is 0.242 e. The summed E-state index contributed by atoms with van der Waals surface area (Å²) in [7, 11) is 1.60. The zero-order valence-electron chi connectivity index (χ0n) is 20.5. The van der Waals surface area contributed by atoms with E-state index in [4.69, 9.17) is 4.74 Å². The first-order valence-electron chi connectivity index (χ1n) is 11.7. The number of benzene rings is 1. The van der Waals surface area contributed by atoms with Crippen LogP contribution in [-0.2, 0) is 25.6 Å². The number of rotatable bonds is 14. The molecule has 186 valence electrons. The number of Topliss-reactive ketones (excluding diaryl/α,β-unsaturated/α-hetero) is 1. The van der Waals surface area contributed by atoms with E-state index < -0.39 is 6.04 Å². The van der Waals surface area contributed by atoms with Crippen LogP contribution in [0.1, 0.15) is 57.2 Å². The van der Waals surface area contributed by atoms with Gasteiger partial charge in [-0.15, -0.1) is 0 Å². The number of fused-ring (bicyclic) bond motifs is 1. The summed E-state index contributed by atoms with van der Waals surface area (Å²) in [5.41, 5.74) is 2.66. The first-order valence-corrected chi connectivity index (χ1v) is 11.7. The number of nitrogens with one attached hydrogen (secondary N) is 4. The molecule has 0 unspecified atom stereocenters. The lowest BCUT2D eigenvalue weighted by Gasteiger charge is -2.19. The smallest absolute Gasteiger partial charge is 0.242 e. The van der Waals surface area contributed by atoms with Gasteiger partial charge in [-0.3, -0.25) is 14.4 Å². The predicted octanol–water partition coefficient (Wildman–Crippen LogP) is 2.30. The van der Waals surface area contributed by atoms with Gasteiger partial charge >= 0.3 is 0 Å². The molecule has 1 heterocycles. The van der Waals surface area contributed by atoms with E-state index in [0.29, 0.717) is 31.6 Å². The van der Waals surface area contributed by atoms with Gasteiger partial charge in [0.2, 0.25) is 17.7 Å². The number of amides is 3. The Hall–Kier alpha value is -3.36. The molecule has 0 radical (unpaired) electrons. The minimum Gasteiger partial charge on any atom is -0.497 e. The summed E-state index contributed by atoms with van der Waals surface area (Å²) in [6.07, 6.45) is 3.38. The van der Waals surface area contributed by atoms with Crippen molar-refractivity contribution in [3.63, 3.8) is 0 Å². The van der Waals surface area contributed by atoms with Crippen molar-refractivity contribution < 1.29 is 23.9 Å². The lowest BCUT2D eigenvalue weighted by atomic mass is 10.0. The number of methoxy groups -OCH3 is 1. The molecule has 2 rings (SSSR count). The Balaban J connectivity index is 2.03. The number of hydrogen-bond acceptors (Lipinski definition) is 5. The largest absolute Gasteiger partial charge is 0.497 e. The minimum atomic E-state index is -0.692. The fraction of sp³-hybridized carbons (Fsp3) is 0.520. The predicted molar refractivity (Wildman–Crippen MR) is 131 cm³/mol. The van der Waals surface area contributed by atoms with Crippen molar-refractivity contribution in [2.45, 2.75) is 65.3 Å². The van der Waals surface area contributed by atoms with Gasteiger partial charge in [-0.05, 0) is 50.5 Å². The number of hydrogen-bond donors (Lipinski definition) is 4. The summed E-state index contributed by atoms with van der Waals surface area (Å²) in [5, 5.41) is 9.18. The molecule has 4 N–H and O–H groups in total. The van der Waals surface area contributed by atoms with E-state index in [2.05, 4.69) is 20.9 Å². The van der Waals surface area contributed by atoms with Gasteiger partial charge in [-0.2, -0.15) is 0 Å².